The molecule has 0 saturated heterocycles. The molecule has 1 amide bonds. The predicted octanol–water partition coefficient (Wildman–Crippen LogP) is 3.13. The summed E-state index contributed by atoms with van der Waals surface area (Å²) in [6.07, 6.45) is 2.05. The lowest BCUT2D eigenvalue weighted by molar-refractivity contribution is 0.0954. The van der Waals surface area contributed by atoms with E-state index in [0.29, 0.717) is 18.5 Å². The lowest BCUT2D eigenvalue weighted by Crippen LogP contribution is -2.26. The number of hydrogen-bond acceptors (Lipinski definition) is 4. The van der Waals surface area contributed by atoms with Crippen molar-refractivity contribution in [3.05, 3.63) is 44.1 Å². The number of rotatable bonds is 4. The van der Waals surface area contributed by atoms with Gasteiger partial charge in [-0.1, -0.05) is 23.2 Å². The van der Waals surface area contributed by atoms with Gasteiger partial charge in [0.05, 0.1) is 21.3 Å². The normalized spacial score (nSPS) is 10.5. The van der Waals surface area contributed by atoms with Gasteiger partial charge in [-0.15, -0.1) is 11.3 Å². The van der Waals surface area contributed by atoms with Crippen LogP contribution in [0.4, 0.5) is 0 Å². The highest BCUT2D eigenvalue weighted by Gasteiger charge is 2.11. The first-order valence-electron chi connectivity index (χ1n) is 5.56. The Bertz CT molecular complexity index is 600. The van der Waals surface area contributed by atoms with Gasteiger partial charge in [0.2, 0.25) is 0 Å². The Labute approximate surface area is 124 Å². The van der Waals surface area contributed by atoms with Gasteiger partial charge in [0.15, 0.2) is 0 Å². The van der Waals surface area contributed by atoms with E-state index in [1.54, 1.807) is 11.3 Å². The monoisotopic (exact) mass is 315 g/mol. The Morgan fingerprint density at radius 3 is 2.95 bits per heavy atom. The van der Waals surface area contributed by atoms with Gasteiger partial charge in [-0.05, 0) is 13.0 Å². The third-order valence-electron chi connectivity index (χ3n) is 2.40. The first-order valence-corrected chi connectivity index (χ1v) is 7.20. The number of pyridine rings is 1. The topological polar surface area (TPSA) is 54.9 Å². The van der Waals surface area contributed by atoms with Crippen molar-refractivity contribution in [2.24, 2.45) is 0 Å². The van der Waals surface area contributed by atoms with Gasteiger partial charge in [0.1, 0.15) is 5.15 Å². The molecule has 4 nitrogen and oxygen atoms in total. The number of carbonyl (C=O) groups is 1. The molecule has 0 aliphatic rings. The van der Waals surface area contributed by atoms with E-state index in [1.807, 2.05) is 12.3 Å². The average molecular weight is 316 g/mol. The summed E-state index contributed by atoms with van der Waals surface area (Å²) in [5.74, 6) is -0.263. The Kier molecular flexibility index (Phi) is 4.74. The summed E-state index contributed by atoms with van der Waals surface area (Å²) in [5.41, 5.74) is 1.30. The van der Waals surface area contributed by atoms with Gasteiger partial charge in [0.25, 0.3) is 5.91 Å². The number of thiazole rings is 1. The number of nitrogens with zero attached hydrogens (tertiary/aromatic N) is 2. The van der Waals surface area contributed by atoms with Crippen LogP contribution in [0.25, 0.3) is 0 Å². The van der Waals surface area contributed by atoms with Gasteiger partial charge < -0.3 is 5.32 Å². The molecule has 2 rings (SSSR count). The second-order valence-electron chi connectivity index (χ2n) is 3.85. The largest absolute Gasteiger partial charge is 0.352 e. The van der Waals surface area contributed by atoms with E-state index in [9.17, 15) is 4.79 Å². The number of nitrogens with one attached hydrogen (secondary N) is 1. The number of halogens is 2. The Balaban J connectivity index is 1.92. The van der Waals surface area contributed by atoms with Crippen LogP contribution >= 0.6 is 34.5 Å². The molecule has 2 aromatic heterocycles. The van der Waals surface area contributed by atoms with Crippen LogP contribution in [0, 0.1) is 6.92 Å². The van der Waals surface area contributed by atoms with Gasteiger partial charge in [0, 0.05) is 24.5 Å². The van der Waals surface area contributed by atoms with Crippen LogP contribution in [0.2, 0.25) is 10.2 Å². The zero-order chi connectivity index (χ0) is 13.8. The highest BCUT2D eigenvalue weighted by molar-refractivity contribution is 7.09. The molecule has 0 saturated carbocycles. The van der Waals surface area contributed by atoms with E-state index in [1.165, 1.54) is 12.3 Å². The summed E-state index contributed by atoms with van der Waals surface area (Å²) < 4.78 is 0. The molecule has 7 heteroatoms. The van der Waals surface area contributed by atoms with Crippen LogP contribution in [0.1, 0.15) is 21.1 Å². The molecule has 2 heterocycles. The maximum atomic E-state index is 11.9. The molecule has 19 heavy (non-hydrogen) atoms. The highest BCUT2D eigenvalue weighted by Crippen LogP contribution is 2.17. The molecule has 0 spiro atoms. The molecule has 2 aromatic rings. The fourth-order valence-electron chi connectivity index (χ4n) is 1.51. The number of aromatic nitrogens is 2. The minimum absolute atomic E-state index is 0.240. The third-order valence-corrected chi connectivity index (χ3v) is 3.73. The average Bonchev–Trinajstić information content (AvgIpc) is 2.78. The lowest BCUT2D eigenvalue weighted by Gasteiger charge is -2.05. The molecule has 0 aliphatic carbocycles. The van der Waals surface area contributed by atoms with Crippen LogP contribution in [0.15, 0.2) is 17.6 Å². The van der Waals surface area contributed by atoms with E-state index >= 15 is 0 Å². The first kappa shape index (κ1) is 14.2. The standard InChI is InChI=1S/C12H11Cl2N3OS/c1-7-17-8(6-19-7)2-3-15-12(18)9-4-11(14)16-5-10(9)13/h4-6H,2-3H2,1H3,(H,15,18). The molecule has 0 fully saturated rings. The van der Waals surface area contributed by atoms with Crippen molar-refractivity contribution >= 4 is 40.4 Å². The van der Waals surface area contributed by atoms with E-state index in [4.69, 9.17) is 23.2 Å². The first-order chi connectivity index (χ1) is 9.06. The quantitative estimate of drug-likeness (QED) is 0.882. The molecular weight excluding hydrogens is 305 g/mol. The van der Waals surface area contributed by atoms with E-state index in [-0.39, 0.29) is 16.1 Å². The highest BCUT2D eigenvalue weighted by atomic mass is 35.5. The van der Waals surface area contributed by atoms with Gasteiger partial charge in [-0.2, -0.15) is 0 Å². The lowest BCUT2D eigenvalue weighted by atomic mass is 10.2. The SMILES string of the molecule is Cc1nc(CCNC(=O)c2cc(Cl)ncc2Cl)cs1. The Hall–Kier alpha value is -1.17. The molecule has 1 N–H and O–H groups in total. The Morgan fingerprint density at radius 2 is 2.26 bits per heavy atom. The van der Waals surface area contributed by atoms with Crippen molar-refractivity contribution in [1.82, 2.24) is 15.3 Å². The second kappa shape index (κ2) is 6.32. The van der Waals surface area contributed by atoms with Crippen LogP contribution in [0.3, 0.4) is 0 Å². The minimum atomic E-state index is -0.263. The van der Waals surface area contributed by atoms with Crippen molar-refractivity contribution in [2.75, 3.05) is 6.54 Å². The summed E-state index contributed by atoms with van der Waals surface area (Å²) in [6.45, 7) is 2.45. The molecule has 0 bridgehead atoms. The van der Waals surface area contributed by atoms with E-state index in [0.717, 1.165) is 10.7 Å². The third kappa shape index (κ3) is 3.89. The van der Waals surface area contributed by atoms with Crippen molar-refractivity contribution < 1.29 is 4.79 Å². The molecule has 100 valence electrons. The molecular formula is C12H11Cl2N3OS. The number of amides is 1. The maximum absolute atomic E-state index is 11.9. The summed E-state index contributed by atoms with van der Waals surface area (Å²) in [6, 6.07) is 1.45. The van der Waals surface area contributed by atoms with Gasteiger partial charge in [-0.3, -0.25) is 4.79 Å². The molecule has 0 unspecified atom stereocenters. The zero-order valence-electron chi connectivity index (χ0n) is 10.1. The number of hydrogen-bond donors (Lipinski definition) is 1. The molecule has 0 aromatic carbocycles. The van der Waals surface area contributed by atoms with Crippen molar-refractivity contribution in [2.45, 2.75) is 13.3 Å². The van der Waals surface area contributed by atoms with Crippen molar-refractivity contribution in [3.8, 4) is 0 Å². The summed E-state index contributed by atoms with van der Waals surface area (Å²) in [7, 11) is 0. The minimum Gasteiger partial charge on any atom is -0.352 e. The maximum Gasteiger partial charge on any atom is 0.252 e. The zero-order valence-corrected chi connectivity index (χ0v) is 12.4. The summed E-state index contributed by atoms with van der Waals surface area (Å²) >= 11 is 13.2. The molecule has 0 radical (unpaired) electrons. The van der Waals surface area contributed by atoms with Crippen LogP contribution in [-0.2, 0) is 6.42 Å². The van der Waals surface area contributed by atoms with Crippen LogP contribution in [-0.4, -0.2) is 22.4 Å². The Morgan fingerprint density at radius 1 is 1.47 bits per heavy atom. The summed E-state index contributed by atoms with van der Waals surface area (Å²) in [5, 5.41) is 6.31. The van der Waals surface area contributed by atoms with E-state index < -0.39 is 0 Å². The van der Waals surface area contributed by atoms with Gasteiger partial charge in [-0.25, -0.2) is 9.97 Å². The van der Waals surface area contributed by atoms with Crippen LogP contribution < -0.4 is 5.32 Å². The van der Waals surface area contributed by atoms with Crippen LogP contribution in [0.5, 0.6) is 0 Å². The van der Waals surface area contributed by atoms with Crippen molar-refractivity contribution in [1.29, 1.82) is 0 Å². The smallest absolute Gasteiger partial charge is 0.252 e. The molecule has 0 atom stereocenters. The second-order valence-corrected chi connectivity index (χ2v) is 5.71. The van der Waals surface area contributed by atoms with E-state index in [2.05, 4.69) is 15.3 Å². The summed E-state index contributed by atoms with van der Waals surface area (Å²) in [4.78, 5) is 20.0. The number of aryl methyl sites for hydroxylation is 1. The predicted molar refractivity (Wildman–Crippen MR) is 77.1 cm³/mol. The number of carbonyl (C=O) groups excluding carboxylic acids is 1. The fraction of sp³-hybridized carbons (Fsp3) is 0.250. The van der Waals surface area contributed by atoms with Crippen molar-refractivity contribution in [3.63, 3.8) is 0 Å². The van der Waals surface area contributed by atoms with Gasteiger partial charge >= 0.3 is 0 Å². The fourth-order valence-corrected chi connectivity index (χ4v) is 2.50. The molecule has 0 aliphatic heterocycles.